The predicted molar refractivity (Wildman–Crippen MR) is 129 cm³/mol. The maximum atomic E-state index is 12.6. The smallest absolute Gasteiger partial charge is 0.349 e. The normalized spacial score (nSPS) is 11.3. The third-order valence-electron chi connectivity index (χ3n) is 4.14. The summed E-state index contributed by atoms with van der Waals surface area (Å²) in [6.45, 7) is 5.44. The Balaban J connectivity index is 1.92. The molecule has 0 bridgehead atoms. The predicted octanol–water partition coefficient (Wildman–Crippen LogP) is 2.91. The van der Waals surface area contributed by atoms with Crippen LogP contribution < -0.4 is 20.7 Å². The number of fused-ring (bicyclic) bond motifs is 1. The van der Waals surface area contributed by atoms with Gasteiger partial charge in [0.25, 0.3) is 5.56 Å². The Morgan fingerprint density at radius 3 is 2.69 bits per heavy atom. The van der Waals surface area contributed by atoms with E-state index in [9.17, 15) is 14.4 Å². The highest BCUT2D eigenvalue weighted by Gasteiger charge is 2.15. The number of H-pyrrole nitrogens is 1. The van der Waals surface area contributed by atoms with Crippen molar-refractivity contribution in [2.45, 2.75) is 26.9 Å². The van der Waals surface area contributed by atoms with E-state index in [2.05, 4.69) is 10.1 Å². The molecule has 0 unspecified atom stereocenters. The molecule has 1 heterocycles. The fourth-order valence-electron chi connectivity index (χ4n) is 2.88. The molecule has 32 heavy (non-hydrogen) atoms. The highest BCUT2D eigenvalue weighted by atomic mass is 127. The summed E-state index contributed by atoms with van der Waals surface area (Å²) >= 11 is 2.05. The molecule has 1 aromatic heterocycles. The molecule has 3 aromatic rings. The second-order valence-corrected chi connectivity index (χ2v) is 8.09. The lowest BCUT2D eigenvalue weighted by Crippen LogP contribution is -2.32. The number of halogens is 1. The number of aromatic amines is 1. The lowest BCUT2D eigenvalue weighted by molar-refractivity contribution is -0.149. The third kappa shape index (κ3) is 5.55. The fourth-order valence-corrected chi connectivity index (χ4v) is 3.66. The second kappa shape index (κ2) is 10.4. The van der Waals surface area contributed by atoms with Crippen molar-refractivity contribution in [3.63, 3.8) is 0 Å². The maximum absolute atomic E-state index is 12.6. The van der Waals surface area contributed by atoms with Gasteiger partial charge in [0.15, 0.2) is 18.1 Å². The summed E-state index contributed by atoms with van der Waals surface area (Å²) in [5, 5.41) is 4.42. The van der Waals surface area contributed by atoms with Gasteiger partial charge in [0.05, 0.1) is 33.4 Å². The second-order valence-electron chi connectivity index (χ2n) is 6.93. The van der Waals surface area contributed by atoms with E-state index in [-0.39, 0.29) is 12.7 Å². The summed E-state index contributed by atoms with van der Waals surface area (Å²) in [5.41, 5.74) is -0.147. The zero-order chi connectivity index (χ0) is 23.3. The lowest BCUT2D eigenvalue weighted by atomic mass is 10.2. The molecule has 0 saturated heterocycles. The standard InChI is InChI=1S/C22H22IN3O6/c1-4-30-18-10-14(9-16(23)20(18)31-12-19(27)32-13(2)3)11-24-26-21(28)15-7-5-6-8-17(15)25-22(26)29/h5-11,13H,4,12H2,1-3H3,(H,25,29). The third-order valence-corrected chi connectivity index (χ3v) is 4.94. The summed E-state index contributed by atoms with van der Waals surface area (Å²) in [5.74, 6) is 0.308. The molecule has 10 heteroatoms. The number of nitrogens with one attached hydrogen (secondary N) is 1. The molecule has 0 atom stereocenters. The average molecular weight is 551 g/mol. The van der Waals surface area contributed by atoms with Gasteiger partial charge in [-0.15, -0.1) is 4.68 Å². The summed E-state index contributed by atoms with van der Waals surface area (Å²) in [6.07, 6.45) is 1.14. The Bertz CT molecular complexity index is 1280. The number of hydrogen-bond acceptors (Lipinski definition) is 7. The van der Waals surface area contributed by atoms with E-state index < -0.39 is 17.2 Å². The Morgan fingerprint density at radius 2 is 1.97 bits per heavy atom. The number of carbonyl (C=O) groups excluding carboxylic acids is 1. The minimum atomic E-state index is -0.645. The lowest BCUT2D eigenvalue weighted by Gasteiger charge is -2.15. The van der Waals surface area contributed by atoms with Crippen molar-refractivity contribution in [1.29, 1.82) is 0 Å². The Kier molecular flexibility index (Phi) is 7.67. The Morgan fingerprint density at radius 1 is 1.22 bits per heavy atom. The van der Waals surface area contributed by atoms with Crippen molar-refractivity contribution < 1.29 is 19.0 Å². The first-order valence-corrected chi connectivity index (χ1v) is 10.9. The molecule has 0 radical (unpaired) electrons. The molecular formula is C22H22IN3O6. The molecule has 0 amide bonds. The van der Waals surface area contributed by atoms with Gasteiger partial charge in [-0.3, -0.25) is 4.79 Å². The van der Waals surface area contributed by atoms with E-state index in [1.807, 2.05) is 29.5 Å². The molecule has 2 aromatic carbocycles. The monoisotopic (exact) mass is 551 g/mol. The number of para-hydroxylation sites is 1. The first kappa shape index (κ1) is 23.5. The Labute approximate surface area is 197 Å². The first-order valence-electron chi connectivity index (χ1n) is 9.87. The highest BCUT2D eigenvalue weighted by Crippen LogP contribution is 2.34. The molecule has 9 nitrogen and oxygen atoms in total. The van der Waals surface area contributed by atoms with Crippen molar-refractivity contribution in [1.82, 2.24) is 9.66 Å². The van der Waals surface area contributed by atoms with Gasteiger partial charge in [0.2, 0.25) is 0 Å². The minimum Gasteiger partial charge on any atom is -0.490 e. The zero-order valence-electron chi connectivity index (χ0n) is 17.8. The summed E-state index contributed by atoms with van der Waals surface area (Å²) in [6, 6.07) is 10.1. The van der Waals surface area contributed by atoms with Crippen molar-refractivity contribution in [3.8, 4) is 11.5 Å². The first-order chi connectivity index (χ1) is 15.3. The molecule has 3 rings (SSSR count). The molecule has 0 fully saturated rings. The Hall–Kier alpha value is -3.15. The number of carbonyl (C=O) groups is 1. The van der Waals surface area contributed by atoms with Crippen LogP contribution in [0.5, 0.6) is 11.5 Å². The topological polar surface area (TPSA) is 112 Å². The number of esters is 1. The van der Waals surface area contributed by atoms with Crippen molar-refractivity contribution in [2.24, 2.45) is 5.10 Å². The largest absolute Gasteiger partial charge is 0.490 e. The van der Waals surface area contributed by atoms with Gasteiger partial charge in [-0.2, -0.15) is 5.10 Å². The van der Waals surface area contributed by atoms with Crippen molar-refractivity contribution >= 4 is 45.7 Å². The number of aromatic nitrogens is 2. The van der Waals surface area contributed by atoms with Crippen LogP contribution in [0.25, 0.3) is 10.9 Å². The minimum absolute atomic E-state index is 0.239. The molecule has 0 aliphatic heterocycles. The quantitative estimate of drug-likeness (QED) is 0.262. The van der Waals surface area contributed by atoms with Crippen molar-refractivity contribution in [3.05, 3.63) is 66.4 Å². The number of nitrogens with zero attached hydrogens (tertiary/aromatic N) is 2. The number of benzene rings is 2. The van der Waals surface area contributed by atoms with Crippen LogP contribution in [0.15, 0.2) is 51.1 Å². The number of ether oxygens (including phenoxy) is 3. The summed E-state index contributed by atoms with van der Waals surface area (Å²) in [4.78, 5) is 39.4. The van der Waals surface area contributed by atoms with E-state index in [1.54, 1.807) is 50.2 Å². The van der Waals surface area contributed by atoms with Gasteiger partial charge in [-0.05, 0) is 73.2 Å². The van der Waals surface area contributed by atoms with Crippen LogP contribution in [-0.4, -0.2) is 41.2 Å². The zero-order valence-corrected chi connectivity index (χ0v) is 19.9. The number of hydrogen-bond donors (Lipinski definition) is 1. The van der Waals surface area contributed by atoms with E-state index in [0.29, 0.717) is 38.1 Å². The van der Waals surface area contributed by atoms with Gasteiger partial charge in [0, 0.05) is 0 Å². The summed E-state index contributed by atoms with van der Waals surface area (Å²) < 4.78 is 17.8. The van der Waals surface area contributed by atoms with E-state index in [4.69, 9.17) is 14.2 Å². The molecule has 0 saturated carbocycles. The van der Waals surface area contributed by atoms with E-state index >= 15 is 0 Å². The van der Waals surface area contributed by atoms with E-state index in [0.717, 1.165) is 4.68 Å². The van der Waals surface area contributed by atoms with Crippen LogP contribution >= 0.6 is 22.6 Å². The van der Waals surface area contributed by atoms with Crippen molar-refractivity contribution in [2.75, 3.05) is 13.2 Å². The van der Waals surface area contributed by atoms with Crippen LogP contribution in [0.3, 0.4) is 0 Å². The SMILES string of the molecule is CCOc1cc(C=Nn2c(=O)[nH]c3ccccc3c2=O)cc(I)c1OCC(=O)OC(C)C. The highest BCUT2D eigenvalue weighted by molar-refractivity contribution is 14.1. The van der Waals surface area contributed by atoms with Crippen LogP contribution in [-0.2, 0) is 9.53 Å². The molecular weight excluding hydrogens is 529 g/mol. The van der Waals surface area contributed by atoms with Gasteiger partial charge in [0.1, 0.15) is 0 Å². The van der Waals surface area contributed by atoms with Gasteiger partial charge < -0.3 is 19.2 Å². The van der Waals surface area contributed by atoms with Crippen LogP contribution in [0.4, 0.5) is 0 Å². The van der Waals surface area contributed by atoms with Crippen LogP contribution in [0.2, 0.25) is 0 Å². The average Bonchev–Trinajstić information content (AvgIpc) is 2.72. The van der Waals surface area contributed by atoms with E-state index in [1.165, 1.54) is 6.21 Å². The van der Waals surface area contributed by atoms with Gasteiger partial charge >= 0.3 is 11.7 Å². The fraction of sp³-hybridized carbons (Fsp3) is 0.273. The van der Waals surface area contributed by atoms with Gasteiger partial charge in [-0.1, -0.05) is 12.1 Å². The molecule has 0 aliphatic carbocycles. The number of rotatable bonds is 8. The molecule has 1 N–H and O–H groups in total. The molecule has 0 spiro atoms. The van der Waals surface area contributed by atoms with Crippen LogP contribution in [0, 0.1) is 3.57 Å². The molecule has 0 aliphatic rings. The van der Waals surface area contributed by atoms with Crippen LogP contribution in [0.1, 0.15) is 26.3 Å². The summed E-state index contributed by atoms with van der Waals surface area (Å²) in [7, 11) is 0. The van der Waals surface area contributed by atoms with Gasteiger partial charge in [-0.25, -0.2) is 9.59 Å². The molecule has 168 valence electrons. The maximum Gasteiger partial charge on any atom is 0.349 e.